The zero-order valence-electron chi connectivity index (χ0n) is 13.4. The predicted octanol–water partition coefficient (Wildman–Crippen LogP) is 2.10. The summed E-state index contributed by atoms with van der Waals surface area (Å²) < 4.78 is 6.75. The minimum atomic E-state index is -1.00. The van der Waals surface area contributed by atoms with E-state index in [1.54, 1.807) is 6.92 Å². The average molecular weight is 403 g/mol. The van der Waals surface area contributed by atoms with E-state index in [0.29, 0.717) is 19.4 Å². The van der Waals surface area contributed by atoms with Crippen LogP contribution in [0.3, 0.4) is 0 Å². The highest BCUT2D eigenvalue weighted by atomic mass is 79.9. The van der Waals surface area contributed by atoms with Crippen molar-refractivity contribution in [2.75, 3.05) is 25.0 Å². The molecule has 0 bridgehead atoms. The Morgan fingerprint density at radius 3 is 2.75 bits per heavy atom. The number of hydrogen-bond donors (Lipinski definition) is 2. The molecule has 0 saturated carbocycles. The third kappa shape index (κ3) is 3.86. The van der Waals surface area contributed by atoms with E-state index in [1.165, 1.54) is 16.5 Å². The lowest BCUT2D eigenvalue weighted by molar-refractivity contribution is -0.114. The number of likely N-dealkylation sites (tertiary alicyclic amines) is 1. The van der Waals surface area contributed by atoms with E-state index in [4.69, 9.17) is 4.74 Å². The van der Waals surface area contributed by atoms with Gasteiger partial charge in [-0.1, -0.05) is 0 Å². The van der Waals surface area contributed by atoms with Gasteiger partial charge in [-0.3, -0.25) is 4.79 Å². The minimum absolute atomic E-state index is 0.125. The molecule has 1 aliphatic rings. The Morgan fingerprint density at radius 2 is 2.17 bits per heavy atom. The second-order valence-corrected chi connectivity index (χ2v) is 6.14. The van der Waals surface area contributed by atoms with Crippen LogP contribution in [0.15, 0.2) is 4.60 Å². The number of carbonyl (C=O) groups is 3. The number of carboxylic acid groups (broad SMARTS) is 1. The molecule has 24 heavy (non-hydrogen) atoms. The molecular formula is C14H19BrN4O5. The zero-order valence-corrected chi connectivity index (χ0v) is 15.0. The lowest BCUT2D eigenvalue weighted by Gasteiger charge is -2.31. The second kappa shape index (κ2) is 7.65. The van der Waals surface area contributed by atoms with E-state index in [0.717, 1.165) is 0 Å². The van der Waals surface area contributed by atoms with E-state index in [9.17, 15) is 19.5 Å². The molecule has 0 aromatic carbocycles. The van der Waals surface area contributed by atoms with Crippen molar-refractivity contribution < 1.29 is 24.2 Å². The Kier molecular flexibility index (Phi) is 5.81. The summed E-state index contributed by atoms with van der Waals surface area (Å²) in [7, 11) is 0. The van der Waals surface area contributed by atoms with Gasteiger partial charge >= 0.3 is 12.1 Å². The molecule has 1 aromatic heterocycles. The molecule has 0 spiro atoms. The summed E-state index contributed by atoms with van der Waals surface area (Å²) in [5.74, 6) is -0.754. The van der Waals surface area contributed by atoms with E-state index < -0.39 is 12.1 Å². The topological polar surface area (TPSA) is 114 Å². The molecule has 2 amide bonds. The number of ether oxygens (including phenoxy) is 1. The largest absolute Gasteiger partial charge is 0.465 e. The molecule has 2 rings (SSSR count). The summed E-state index contributed by atoms with van der Waals surface area (Å²) >= 11 is 3.23. The quantitative estimate of drug-likeness (QED) is 0.745. The summed E-state index contributed by atoms with van der Waals surface area (Å²) in [5, 5.41) is 16.1. The van der Waals surface area contributed by atoms with Gasteiger partial charge in [-0.25, -0.2) is 14.3 Å². The van der Waals surface area contributed by atoms with Gasteiger partial charge in [0.05, 0.1) is 12.6 Å². The number of halogens is 1. The summed E-state index contributed by atoms with van der Waals surface area (Å²) in [6.45, 7) is 3.88. The summed E-state index contributed by atoms with van der Waals surface area (Å²) in [6, 6.07) is -0.281. The second-order valence-electron chi connectivity index (χ2n) is 5.39. The first-order chi connectivity index (χ1) is 11.3. The maximum atomic E-state index is 12.2. The Balaban J connectivity index is 2.41. The van der Waals surface area contributed by atoms with E-state index in [2.05, 4.69) is 26.3 Å². The molecule has 9 nitrogen and oxygen atoms in total. The van der Waals surface area contributed by atoms with Crippen LogP contribution in [0, 0.1) is 0 Å². The van der Waals surface area contributed by atoms with Crippen LogP contribution in [-0.2, 0) is 9.53 Å². The molecule has 1 aromatic rings. The van der Waals surface area contributed by atoms with Gasteiger partial charge in [0.25, 0.3) is 0 Å². The number of nitrogens with one attached hydrogen (secondary N) is 1. The molecule has 1 saturated heterocycles. The summed E-state index contributed by atoms with van der Waals surface area (Å²) in [5.41, 5.74) is 0.125. The highest BCUT2D eigenvalue weighted by Crippen LogP contribution is 2.32. The van der Waals surface area contributed by atoms with Gasteiger partial charge in [0, 0.05) is 20.0 Å². The van der Waals surface area contributed by atoms with Gasteiger partial charge in [-0.15, -0.1) is 0 Å². The molecular weight excluding hydrogens is 384 g/mol. The van der Waals surface area contributed by atoms with Crippen molar-refractivity contribution in [3.8, 4) is 0 Å². The number of amides is 2. The van der Waals surface area contributed by atoms with Gasteiger partial charge in [0.2, 0.25) is 5.91 Å². The van der Waals surface area contributed by atoms with Crippen molar-refractivity contribution in [3.05, 3.63) is 10.2 Å². The fourth-order valence-corrected chi connectivity index (χ4v) is 3.19. The summed E-state index contributed by atoms with van der Waals surface area (Å²) in [4.78, 5) is 36.2. The highest BCUT2D eigenvalue weighted by molar-refractivity contribution is 9.10. The van der Waals surface area contributed by atoms with Crippen LogP contribution in [0.2, 0.25) is 0 Å². The predicted molar refractivity (Wildman–Crippen MR) is 88.1 cm³/mol. The van der Waals surface area contributed by atoms with Crippen molar-refractivity contribution in [1.82, 2.24) is 14.7 Å². The highest BCUT2D eigenvalue weighted by Gasteiger charge is 2.31. The Hall–Kier alpha value is -2.10. The fourth-order valence-electron chi connectivity index (χ4n) is 2.67. The number of rotatable bonds is 4. The van der Waals surface area contributed by atoms with Crippen molar-refractivity contribution >= 4 is 39.7 Å². The number of aromatic nitrogens is 2. The Bertz CT molecular complexity index is 660. The van der Waals surface area contributed by atoms with E-state index in [-0.39, 0.29) is 41.1 Å². The first-order valence-corrected chi connectivity index (χ1v) is 8.35. The molecule has 0 aliphatic carbocycles. The van der Waals surface area contributed by atoms with Crippen molar-refractivity contribution in [2.45, 2.75) is 32.7 Å². The van der Waals surface area contributed by atoms with Crippen LogP contribution in [0.25, 0.3) is 0 Å². The third-order valence-electron chi connectivity index (χ3n) is 3.65. The molecule has 2 heterocycles. The molecule has 1 aliphatic heterocycles. The van der Waals surface area contributed by atoms with Gasteiger partial charge in [-0.05, 0) is 35.7 Å². The van der Waals surface area contributed by atoms with Gasteiger partial charge in [0.1, 0.15) is 16.0 Å². The number of piperidine rings is 1. The van der Waals surface area contributed by atoms with E-state index in [1.807, 2.05) is 0 Å². The van der Waals surface area contributed by atoms with Crippen LogP contribution < -0.4 is 5.32 Å². The SMILES string of the molecule is CCOC(=O)c1c(Br)nn(C2CCCN(C(=O)O)C2)c1NC(C)=O. The van der Waals surface area contributed by atoms with Gasteiger partial charge in [0.15, 0.2) is 0 Å². The van der Waals surface area contributed by atoms with Crippen LogP contribution in [-0.4, -0.2) is 57.5 Å². The maximum absolute atomic E-state index is 12.2. The molecule has 10 heteroatoms. The maximum Gasteiger partial charge on any atom is 0.407 e. The number of hydrogen-bond acceptors (Lipinski definition) is 5. The van der Waals surface area contributed by atoms with Crippen molar-refractivity contribution in [2.24, 2.45) is 0 Å². The van der Waals surface area contributed by atoms with Gasteiger partial charge in [-0.2, -0.15) is 5.10 Å². The van der Waals surface area contributed by atoms with Gasteiger partial charge < -0.3 is 20.1 Å². The zero-order chi connectivity index (χ0) is 17.9. The van der Waals surface area contributed by atoms with Crippen molar-refractivity contribution in [3.63, 3.8) is 0 Å². The normalized spacial score (nSPS) is 17.5. The monoisotopic (exact) mass is 402 g/mol. The van der Waals surface area contributed by atoms with Crippen LogP contribution in [0.1, 0.15) is 43.1 Å². The molecule has 1 fully saturated rings. The smallest absolute Gasteiger partial charge is 0.407 e. The van der Waals surface area contributed by atoms with Crippen LogP contribution in [0.4, 0.5) is 10.6 Å². The van der Waals surface area contributed by atoms with Crippen LogP contribution in [0.5, 0.6) is 0 Å². The molecule has 0 radical (unpaired) electrons. The Morgan fingerprint density at radius 1 is 1.46 bits per heavy atom. The average Bonchev–Trinajstić information content (AvgIpc) is 2.83. The van der Waals surface area contributed by atoms with E-state index >= 15 is 0 Å². The Labute approximate surface area is 147 Å². The lowest BCUT2D eigenvalue weighted by atomic mass is 10.1. The minimum Gasteiger partial charge on any atom is -0.465 e. The van der Waals surface area contributed by atoms with Crippen LogP contribution >= 0.6 is 15.9 Å². The first-order valence-electron chi connectivity index (χ1n) is 7.55. The number of anilines is 1. The molecule has 132 valence electrons. The third-order valence-corrected chi connectivity index (χ3v) is 4.21. The molecule has 1 atom stereocenters. The number of nitrogens with zero attached hydrogens (tertiary/aromatic N) is 3. The first kappa shape index (κ1) is 18.2. The number of carbonyl (C=O) groups excluding carboxylic acids is 2. The molecule has 2 N–H and O–H groups in total. The fraction of sp³-hybridized carbons (Fsp3) is 0.571. The summed E-state index contributed by atoms with van der Waals surface area (Å²) in [6.07, 6.45) is 0.354. The molecule has 1 unspecified atom stereocenters. The van der Waals surface area contributed by atoms with Crippen molar-refractivity contribution in [1.29, 1.82) is 0 Å². The number of esters is 1. The lowest BCUT2D eigenvalue weighted by Crippen LogP contribution is -2.40. The standard InChI is InChI=1S/C14H19BrN4O5/c1-3-24-13(21)10-11(15)17-19(12(10)16-8(2)20)9-5-4-6-18(7-9)14(22)23/h9H,3-7H2,1-2H3,(H,16,20)(H,22,23).